The molecule has 1 saturated carbocycles. The van der Waals surface area contributed by atoms with E-state index >= 15 is 0 Å². The third-order valence-corrected chi connectivity index (χ3v) is 5.41. The summed E-state index contributed by atoms with van der Waals surface area (Å²) >= 11 is 0. The van der Waals surface area contributed by atoms with Crippen LogP contribution in [0.15, 0.2) is 36.5 Å². The molecule has 1 aliphatic carbocycles. The highest BCUT2D eigenvalue weighted by Gasteiger charge is 2.12. The Kier molecular flexibility index (Phi) is 6.40. The van der Waals surface area contributed by atoms with Gasteiger partial charge in [0, 0.05) is 23.9 Å². The lowest BCUT2D eigenvalue weighted by molar-refractivity contribution is 0.100. The van der Waals surface area contributed by atoms with Crippen molar-refractivity contribution >= 4 is 5.91 Å². The SMILES string of the molecule is Cc1ccc(C(N)=O)cc1-c1ccc(CNCCC2CCCCC2)cn1. The van der Waals surface area contributed by atoms with Gasteiger partial charge in [-0.25, -0.2) is 0 Å². The van der Waals surface area contributed by atoms with E-state index in [-0.39, 0.29) is 0 Å². The Morgan fingerprint density at radius 2 is 2.00 bits per heavy atom. The lowest BCUT2D eigenvalue weighted by Crippen LogP contribution is -2.19. The van der Waals surface area contributed by atoms with Crippen molar-refractivity contribution in [3.05, 3.63) is 53.2 Å². The Labute approximate surface area is 156 Å². The van der Waals surface area contributed by atoms with E-state index in [1.165, 1.54) is 44.1 Å². The summed E-state index contributed by atoms with van der Waals surface area (Å²) in [6.07, 6.45) is 10.2. The van der Waals surface area contributed by atoms with Crippen molar-refractivity contribution in [2.24, 2.45) is 11.7 Å². The van der Waals surface area contributed by atoms with Gasteiger partial charge in [-0.15, -0.1) is 0 Å². The monoisotopic (exact) mass is 351 g/mol. The van der Waals surface area contributed by atoms with Gasteiger partial charge in [0.25, 0.3) is 0 Å². The van der Waals surface area contributed by atoms with E-state index in [9.17, 15) is 4.79 Å². The maximum absolute atomic E-state index is 11.4. The molecule has 3 rings (SSSR count). The molecule has 0 radical (unpaired) electrons. The number of hydrogen-bond donors (Lipinski definition) is 2. The Hall–Kier alpha value is -2.20. The summed E-state index contributed by atoms with van der Waals surface area (Å²) < 4.78 is 0. The summed E-state index contributed by atoms with van der Waals surface area (Å²) in [6, 6.07) is 9.61. The third-order valence-electron chi connectivity index (χ3n) is 5.41. The van der Waals surface area contributed by atoms with Crippen LogP contribution in [0.4, 0.5) is 0 Å². The van der Waals surface area contributed by atoms with Gasteiger partial charge in [-0.1, -0.05) is 44.2 Å². The van der Waals surface area contributed by atoms with Crippen molar-refractivity contribution < 1.29 is 4.79 Å². The van der Waals surface area contributed by atoms with Crippen molar-refractivity contribution in [2.75, 3.05) is 6.54 Å². The molecule has 2 aromatic rings. The largest absolute Gasteiger partial charge is 0.366 e. The number of amides is 1. The molecular formula is C22H29N3O. The fourth-order valence-electron chi connectivity index (χ4n) is 3.75. The van der Waals surface area contributed by atoms with Crippen molar-refractivity contribution in [3.63, 3.8) is 0 Å². The van der Waals surface area contributed by atoms with Crippen molar-refractivity contribution in [3.8, 4) is 11.3 Å². The van der Waals surface area contributed by atoms with Crippen LogP contribution < -0.4 is 11.1 Å². The van der Waals surface area contributed by atoms with Gasteiger partial charge >= 0.3 is 0 Å². The molecule has 4 heteroatoms. The Morgan fingerprint density at radius 1 is 1.19 bits per heavy atom. The average molecular weight is 351 g/mol. The molecule has 1 heterocycles. The number of nitrogens with zero attached hydrogens (tertiary/aromatic N) is 1. The minimum Gasteiger partial charge on any atom is -0.366 e. The molecule has 1 fully saturated rings. The van der Waals surface area contributed by atoms with Crippen LogP contribution in [0.25, 0.3) is 11.3 Å². The van der Waals surface area contributed by atoms with E-state index in [0.29, 0.717) is 5.56 Å². The minimum atomic E-state index is -0.412. The molecule has 0 spiro atoms. The summed E-state index contributed by atoms with van der Waals surface area (Å²) in [7, 11) is 0. The van der Waals surface area contributed by atoms with E-state index < -0.39 is 5.91 Å². The smallest absolute Gasteiger partial charge is 0.248 e. The molecule has 0 bridgehead atoms. The van der Waals surface area contributed by atoms with Gasteiger partial charge in [-0.3, -0.25) is 9.78 Å². The normalized spacial score (nSPS) is 15.1. The molecule has 0 unspecified atom stereocenters. The molecule has 1 aromatic carbocycles. The predicted octanol–water partition coefficient (Wildman–Crippen LogP) is 4.22. The van der Waals surface area contributed by atoms with Crippen molar-refractivity contribution in [2.45, 2.75) is 52.0 Å². The van der Waals surface area contributed by atoms with Crippen LogP contribution in [-0.4, -0.2) is 17.4 Å². The second kappa shape index (κ2) is 8.95. The van der Waals surface area contributed by atoms with Crippen LogP contribution in [0.5, 0.6) is 0 Å². The van der Waals surface area contributed by atoms with Crippen molar-refractivity contribution in [1.82, 2.24) is 10.3 Å². The van der Waals surface area contributed by atoms with Gasteiger partial charge in [0.15, 0.2) is 0 Å². The topological polar surface area (TPSA) is 68.0 Å². The number of pyridine rings is 1. The van der Waals surface area contributed by atoms with E-state index in [1.807, 2.05) is 31.3 Å². The summed E-state index contributed by atoms with van der Waals surface area (Å²) in [5.74, 6) is 0.502. The maximum Gasteiger partial charge on any atom is 0.248 e. The summed E-state index contributed by atoms with van der Waals surface area (Å²) in [6.45, 7) is 3.94. The quantitative estimate of drug-likeness (QED) is 0.734. The standard InChI is InChI=1S/C22H29N3O/c1-16-7-9-19(22(23)26)13-20(16)21-10-8-18(15-25-21)14-24-12-11-17-5-3-2-4-6-17/h7-10,13,15,17,24H,2-6,11-12,14H2,1H3,(H2,23,26). The Balaban J connectivity index is 1.55. The molecular weight excluding hydrogens is 322 g/mol. The highest BCUT2D eigenvalue weighted by molar-refractivity contribution is 5.94. The zero-order valence-electron chi connectivity index (χ0n) is 15.6. The number of rotatable bonds is 7. The molecule has 0 atom stereocenters. The van der Waals surface area contributed by atoms with Crippen LogP contribution in [0.2, 0.25) is 0 Å². The number of primary amides is 1. The van der Waals surface area contributed by atoms with Crippen LogP contribution >= 0.6 is 0 Å². The fraction of sp³-hybridized carbons (Fsp3) is 0.455. The predicted molar refractivity (Wildman–Crippen MR) is 106 cm³/mol. The summed E-state index contributed by atoms with van der Waals surface area (Å²) in [4.78, 5) is 16.0. The first-order valence-electron chi connectivity index (χ1n) is 9.70. The highest BCUT2D eigenvalue weighted by atomic mass is 16.1. The van der Waals surface area contributed by atoms with Crippen molar-refractivity contribution in [1.29, 1.82) is 0 Å². The van der Waals surface area contributed by atoms with Gasteiger partial charge in [0.05, 0.1) is 5.69 Å². The number of nitrogens with one attached hydrogen (secondary N) is 1. The van der Waals surface area contributed by atoms with Crippen LogP contribution in [-0.2, 0) is 6.54 Å². The molecule has 0 saturated heterocycles. The number of carbonyl (C=O) groups excluding carboxylic acids is 1. The Morgan fingerprint density at radius 3 is 2.69 bits per heavy atom. The highest BCUT2D eigenvalue weighted by Crippen LogP contribution is 2.26. The maximum atomic E-state index is 11.4. The number of nitrogens with two attached hydrogens (primary N) is 1. The Bertz CT molecular complexity index is 734. The number of hydrogen-bond acceptors (Lipinski definition) is 3. The first-order valence-corrected chi connectivity index (χ1v) is 9.70. The van der Waals surface area contributed by atoms with Gasteiger partial charge < -0.3 is 11.1 Å². The number of aryl methyl sites for hydroxylation is 1. The van der Waals surface area contributed by atoms with Gasteiger partial charge in [0.1, 0.15) is 0 Å². The van der Waals surface area contributed by atoms with E-state index in [2.05, 4.69) is 16.4 Å². The van der Waals surface area contributed by atoms with E-state index in [4.69, 9.17) is 5.73 Å². The average Bonchev–Trinajstić information content (AvgIpc) is 2.67. The molecule has 3 N–H and O–H groups in total. The zero-order chi connectivity index (χ0) is 18.4. The van der Waals surface area contributed by atoms with Crippen LogP contribution in [0.1, 0.15) is 60.0 Å². The lowest BCUT2D eigenvalue weighted by atomic mass is 9.87. The van der Waals surface area contributed by atoms with Gasteiger partial charge in [-0.05, 0) is 55.1 Å². The number of carbonyl (C=O) groups is 1. The first kappa shape index (κ1) is 18.6. The summed E-state index contributed by atoms with van der Waals surface area (Å²) in [5.41, 5.74) is 10.00. The molecule has 1 aromatic heterocycles. The van der Waals surface area contributed by atoms with Gasteiger partial charge in [-0.2, -0.15) is 0 Å². The fourth-order valence-corrected chi connectivity index (χ4v) is 3.75. The first-order chi connectivity index (χ1) is 12.6. The molecule has 1 amide bonds. The van der Waals surface area contributed by atoms with E-state index in [1.54, 1.807) is 6.07 Å². The second-order valence-corrected chi connectivity index (χ2v) is 7.42. The number of aromatic nitrogens is 1. The lowest BCUT2D eigenvalue weighted by Gasteiger charge is -2.21. The molecule has 4 nitrogen and oxygen atoms in total. The molecule has 26 heavy (non-hydrogen) atoms. The molecule has 138 valence electrons. The van der Waals surface area contributed by atoms with Crippen LogP contribution in [0, 0.1) is 12.8 Å². The minimum absolute atomic E-state index is 0.412. The van der Waals surface area contributed by atoms with Crippen LogP contribution in [0.3, 0.4) is 0 Å². The van der Waals surface area contributed by atoms with E-state index in [0.717, 1.165) is 35.8 Å². The molecule has 1 aliphatic rings. The second-order valence-electron chi connectivity index (χ2n) is 7.42. The molecule has 0 aliphatic heterocycles. The number of benzene rings is 1. The summed E-state index contributed by atoms with van der Waals surface area (Å²) in [5, 5.41) is 3.54. The zero-order valence-corrected chi connectivity index (χ0v) is 15.6. The van der Waals surface area contributed by atoms with Gasteiger partial charge in [0.2, 0.25) is 5.91 Å². The third kappa shape index (κ3) is 4.92.